The lowest BCUT2D eigenvalue weighted by atomic mass is 10.0. The molecule has 0 aliphatic carbocycles. The van der Waals surface area contributed by atoms with Crippen molar-refractivity contribution in [1.29, 1.82) is 0 Å². The van der Waals surface area contributed by atoms with Gasteiger partial charge < -0.3 is 9.47 Å². The fourth-order valence-electron chi connectivity index (χ4n) is 2.14. The van der Waals surface area contributed by atoms with E-state index in [0.717, 1.165) is 22.1 Å². The largest absolute Gasteiger partial charge is 0.496 e. The summed E-state index contributed by atoms with van der Waals surface area (Å²) >= 11 is 0. The maximum atomic E-state index is 11.9. The van der Waals surface area contributed by atoms with E-state index in [1.807, 2.05) is 50.2 Å². The Morgan fingerprint density at radius 2 is 1.89 bits per heavy atom. The molecule has 2 aromatic carbocycles. The Morgan fingerprint density at radius 3 is 2.58 bits per heavy atom. The number of benzene rings is 2. The van der Waals surface area contributed by atoms with Gasteiger partial charge in [0.1, 0.15) is 5.75 Å². The molecule has 0 heterocycles. The van der Waals surface area contributed by atoms with Gasteiger partial charge in [0.2, 0.25) is 0 Å². The van der Waals surface area contributed by atoms with Gasteiger partial charge in [0, 0.05) is 5.56 Å². The summed E-state index contributed by atoms with van der Waals surface area (Å²) in [6.45, 7) is 3.69. The number of fused-ring (bicyclic) bond motifs is 1. The van der Waals surface area contributed by atoms with Crippen molar-refractivity contribution < 1.29 is 14.3 Å². The Morgan fingerprint density at radius 1 is 1.16 bits per heavy atom. The fourth-order valence-corrected chi connectivity index (χ4v) is 2.14. The second kappa shape index (κ2) is 5.74. The highest BCUT2D eigenvalue weighted by molar-refractivity contribution is 5.91. The molecule has 0 aliphatic heterocycles. The van der Waals surface area contributed by atoms with Gasteiger partial charge in [-0.25, -0.2) is 0 Å². The van der Waals surface area contributed by atoms with E-state index in [4.69, 9.17) is 9.47 Å². The van der Waals surface area contributed by atoms with Crippen LogP contribution >= 0.6 is 0 Å². The van der Waals surface area contributed by atoms with Gasteiger partial charge in [-0.15, -0.1) is 0 Å². The number of esters is 1. The normalized spacial score (nSPS) is 10.7. The van der Waals surface area contributed by atoms with Crippen LogP contribution in [0.2, 0.25) is 0 Å². The van der Waals surface area contributed by atoms with Gasteiger partial charge in [0.15, 0.2) is 0 Å². The van der Waals surface area contributed by atoms with Crippen LogP contribution in [0.15, 0.2) is 36.4 Å². The highest BCUT2D eigenvalue weighted by atomic mass is 16.5. The third-order valence-electron chi connectivity index (χ3n) is 2.91. The molecule has 3 nitrogen and oxygen atoms in total. The molecule has 0 unspecified atom stereocenters. The van der Waals surface area contributed by atoms with E-state index < -0.39 is 0 Å². The van der Waals surface area contributed by atoms with E-state index in [1.165, 1.54) is 0 Å². The molecule has 0 N–H and O–H groups in total. The van der Waals surface area contributed by atoms with Crippen molar-refractivity contribution >= 4 is 16.7 Å². The van der Waals surface area contributed by atoms with Crippen LogP contribution < -0.4 is 4.74 Å². The molecule has 0 spiro atoms. The number of hydrogen-bond acceptors (Lipinski definition) is 3. The van der Waals surface area contributed by atoms with Gasteiger partial charge in [-0.05, 0) is 30.7 Å². The lowest BCUT2D eigenvalue weighted by molar-refractivity contribution is -0.146. The Kier molecular flexibility index (Phi) is 4.05. The first-order chi connectivity index (χ1) is 9.11. The molecular weight excluding hydrogens is 240 g/mol. The molecule has 2 aromatic rings. The molecule has 0 atom stereocenters. The summed E-state index contributed by atoms with van der Waals surface area (Å²) in [6, 6.07) is 11.8. The average molecular weight is 258 g/mol. The SMILES string of the molecule is COc1ccc2ccccc2c1CC(=O)OC(C)C. The number of hydrogen-bond donors (Lipinski definition) is 0. The number of carbonyl (C=O) groups excluding carboxylic acids is 1. The first-order valence-corrected chi connectivity index (χ1v) is 6.36. The summed E-state index contributed by atoms with van der Waals surface area (Å²) in [6.07, 6.45) is 0.122. The lowest BCUT2D eigenvalue weighted by Crippen LogP contribution is -2.14. The molecule has 0 saturated carbocycles. The topological polar surface area (TPSA) is 35.5 Å². The quantitative estimate of drug-likeness (QED) is 0.789. The molecule has 0 bridgehead atoms. The number of ether oxygens (including phenoxy) is 2. The van der Waals surface area contributed by atoms with Crippen LogP contribution in [0.4, 0.5) is 0 Å². The molecule has 0 radical (unpaired) electrons. The van der Waals surface area contributed by atoms with Crippen LogP contribution in [0.25, 0.3) is 10.8 Å². The number of carbonyl (C=O) groups is 1. The Balaban J connectivity index is 2.41. The third-order valence-corrected chi connectivity index (χ3v) is 2.91. The van der Waals surface area contributed by atoms with Crippen LogP contribution in [0, 0.1) is 0 Å². The summed E-state index contributed by atoms with van der Waals surface area (Å²) in [5.74, 6) is 0.490. The van der Waals surface area contributed by atoms with Crippen LogP contribution in [0.3, 0.4) is 0 Å². The summed E-state index contributed by atoms with van der Waals surface area (Å²) in [4.78, 5) is 11.9. The zero-order valence-corrected chi connectivity index (χ0v) is 11.5. The van der Waals surface area contributed by atoms with Crippen LogP contribution in [-0.4, -0.2) is 19.2 Å². The maximum Gasteiger partial charge on any atom is 0.310 e. The first kappa shape index (κ1) is 13.4. The summed E-state index contributed by atoms with van der Waals surface area (Å²) in [5, 5.41) is 2.12. The van der Waals surface area contributed by atoms with Crippen molar-refractivity contribution in [3.05, 3.63) is 42.0 Å². The third kappa shape index (κ3) is 3.05. The predicted octanol–water partition coefficient (Wildman–Crippen LogP) is 3.34. The number of rotatable bonds is 4. The van der Waals surface area contributed by atoms with Gasteiger partial charge in [-0.3, -0.25) is 4.79 Å². The molecule has 0 fully saturated rings. The molecule has 100 valence electrons. The number of methoxy groups -OCH3 is 1. The summed E-state index contributed by atoms with van der Waals surface area (Å²) in [7, 11) is 1.61. The summed E-state index contributed by atoms with van der Waals surface area (Å²) < 4.78 is 10.6. The standard InChI is InChI=1S/C16H18O3/c1-11(2)19-16(17)10-14-13-7-5-4-6-12(13)8-9-15(14)18-3/h4-9,11H,10H2,1-3H3. The van der Waals surface area contributed by atoms with Crippen molar-refractivity contribution in [1.82, 2.24) is 0 Å². The molecule has 3 heteroatoms. The van der Waals surface area contributed by atoms with Crippen LogP contribution in [0.5, 0.6) is 5.75 Å². The van der Waals surface area contributed by atoms with Crippen LogP contribution in [0.1, 0.15) is 19.4 Å². The molecule has 19 heavy (non-hydrogen) atoms. The van der Waals surface area contributed by atoms with Gasteiger partial charge in [0.05, 0.1) is 19.6 Å². The van der Waals surface area contributed by atoms with Gasteiger partial charge in [-0.1, -0.05) is 30.3 Å². The van der Waals surface area contributed by atoms with E-state index in [1.54, 1.807) is 7.11 Å². The van der Waals surface area contributed by atoms with Crippen molar-refractivity contribution in [2.75, 3.05) is 7.11 Å². The Hall–Kier alpha value is -2.03. The minimum atomic E-state index is -0.232. The van der Waals surface area contributed by atoms with Gasteiger partial charge >= 0.3 is 5.97 Å². The van der Waals surface area contributed by atoms with Crippen molar-refractivity contribution in [3.63, 3.8) is 0 Å². The molecule has 2 rings (SSSR count). The monoisotopic (exact) mass is 258 g/mol. The lowest BCUT2D eigenvalue weighted by Gasteiger charge is -2.13. The van der Waals surface area contributed by atoms with Gasteiger partial charge in [-0.2, -0.15) is 0 Å². The van der Waals surface area contributed by atoms with Gasteiger partial charge in [0.25, 0.3) is 0 Å². The van der Waals surface area contributed by atoms with E-state index >= 15 is 0 Å². The highest BCUT2D eigenvalue weighted by Gasteiger charge is 2.14. The Labute approximate surface area is 113 Å². The predicted molar refractivity (Wildman–Crippen MR) is 75.4 cm³/mol. The van der Waals surface area contributed by atoms with E-state index in [0.29, 0.717) is 0 Å². The van der Waals surface area contributed by atoms with Crippen molar-refractivity contribution in [3.8, 4) is 5.75 Å². The zero-order valence-electron chi connectivity index (χ0n) is 11.5. The van der Waals surface area contributed by atoms with E-state index in [9.17, 15) is 4.79 Å². The molecular formula is C16H18O3. The van der Waals surface area contributed by atoms with Crippen LogP contribution in [-0.2, 0) is 16.0 Å². The minimum Gasteiger partial charge on any atom is -0.496 e. The fraction of sp³-hybridized carbons (Fsp3) is 0.312. The highest BCUT2D eigenvalue weighted by Crippen LogP contribution is 2.28. The summed E-state index contributed by atoms with van der Waals surface area (Å²) in [5.41, 5.74) is 0.881. The Bertz CT molecular complexity index is 588. The van der Waals surface area contributed by atoms with Crippen molar-refractivity contribution in [2.45, 2.75) is 26.4 Å². The molecule has 0 saturated heterocycles. The maximum absolute atomic E-state index is 11.9. The second-order valence-corrected chi connectivity index (χ2v) is 4.68. The second-order valence-electron chi connectivity index (χ2n) is 4.68. The minimum absolute atomic E-state index is 0.103. The van der Waals surface area contributed by atoms with E-state index in [2.05, 4.69) is 0 Å². The molecule has 0 aliphatic rings. The average Bonchev–Trinajstić information content (AvgIpc) is 2.38. The molecule has 0 amide bonds. The van der Waals surface area contributed by atoms with E-state index in [-0.39, 0.29) is 18.5 Å². The first-order valence-electron chi connectivity index (χ1n) is 6.36. The van der Waals surface area contributed by atoms with Crippen molar-refractivity contribution in [2.24, 2.45) is 0 Å². The molecule has 0 aromatic heterocycles. The zero-order chi connectivity index (χ0) is 13.8. The smallest absolute Gasteiger partial charge is 0.310 e.